The van der Waals surface area contributed by atoms with Crippen LogP contribution in [0.1, 0.15) is 15.4 Å². The van der Waals surface area contributed by atoms with Gasteiger partial charge < -0.3 is 11.1 Å². The number of hydrogen-bond acceptors (Lipinski definition) is 5. The number of amides is 2. The van der Waals surface area contributed by atoms with Crippen molar-refractivity contribution in [3.63, 3.8) is 0 Å². The second-order valence-corrected chi connectivity index (χ2v) is 5.37. The highest BCUT2D eigenvalue weighted by Gasteiger charge is 2.16. The molecule has 0 unspecified atom stereocenters. The van der Waals surface area contributed by atoms with Crippen LogP contribution in [-0.4, -0.2) is 23.3 Å². The summed E-state index contributed by atoms with van der Waals surface area (Å²) >= 11 is 2.89. The van der Waals surface area contributed by atoms with E-state index >= 15 is 0 Å². The van der Waals surface area contributed by atoms with Crippen molar-refractivity contribution in [1.29, 1.82) is 0 Å². The predicted molar refractivity (Wildman–Crippen MR) is 71.7 cm³/mol. The van der Waals surface area contributed by atoms with Crippen LogP contribution in [0.5, 0.6) is 0 Å². The molecule has 94 valence electrons. The number of aromatic nitrogens is 1. The van der Waals surface area contributed by atoms with Gasteiger partial charge in [-0.3, -0.25) is 9.59 Å². The molecule has 0 aliphatic heterocycles. The highest BCUT2D eigenvalue weighted by atomic mass is 32.1. The highest BCUT2D eigenvalue weighted by Crippen LogP contribution is 2.29. The number of nitrogens with zero attached hydrogens (tertiary/aromatic N) is 1. The van der Waals surface area contributed by atoms with Crippen molar-refractivity contribution in [3.8, 4) is 10.6 Å². The first kappa shape index (κ1) is 12.7. The zero-order valence-electron chi connectivity index (χ0n) is 9.60. The maximum absolute atomic E-state index is 11.8. The third-order valence-corrected chi connectivity index (χ3v) is 4.08. The van der Waals surface area contributed by atoms with Gasteiger partial charge in [-0.2, -0.15) is 11.3 Å². The summed E-state index contributed by atoms with van der Waals surface area (Å²) in [6, 6.07) is 1.95. The van der Waals surface area contributed by atoms with Crippen LogP contribution in [0.4, 0.5) is 0 Å². The molecule has 2 heterocycles. The average Bonchev–Trinajstić information content (AvgIpc) is 2.94. The first-order valence-corrected chi connectivity index (χ1v) is 6.90. The molecule has 18 heavy (non-hydrogen) atoms. The Balaban J connectivity index is 2.19. The van der Waals surface area contributed by atoms with Gasteiger partial charge in [0.15, 0.2) is 0 Å². The fourth-order valence-electron chi connectivity index (χ4n) is 1.36. The van der Waals surface area contributed by atoms with Crippen molar-refractivity contribution >= 4 is 34.5 Å². The monoisotopic (exact) mass is 281 g/mol. The lowest BCUT2D eigenvalue weighted by Gasteiger charge is -1.99. The standard InChI is InChI=1S/C11H11N3O2S2/c1-6-9(10(16)13-4-8(12)15)18-11(14-6)7-2-3-17-5-7/h2-3,5H,4H2,1H3,(H2,12,15)(H,13,16). The summed E-state index contributed by atoms with van der Waals surface area (Å²) in [5.41, 5.74) is 6.63. The molecule has 7 heteroatoms. The van der Waals surface area contributed by atoms with Crippen LogP contribution >= 0.6 is 22.7 Å². The Labute approximate surface area is 112 Å². The summed E-state index contributed by atoms with van der Waals surface area (Å²) in [5, 5.41) is 7.19. The number of nitrogens with one attached hydrogen (secondary N) is 1. The molecule has 5 nitrogen and oxygen atoms in total. The summed E-state index contributed by atoms with van der Waals surface area (Å²) < 4.78 is 0. The normalized spacial score (nSPS) is 10.3. The van der Waals surface area contributed by atoms with Gasteiger partial charge in [-0.1, -0.05) is 0 Å². The number of carbonyl (C=O) groups excluding carboxylic acids is 2. The molecule has 0 aromatic carbocycles. The van der Waals surface area contributed by atoms with E-state index in [9.17, 15) is 9.59 Å². The zero-order valence-corrected chi connectivity index (χ0v) is 11.2. The van der Waals surface area contributed by atoms with E-state index in [2.05, 4.69) is 10.3 Å². The molecule has 2 amide bonds. The quantitative estimate of drug-likeness (QED) is 0.888. The zero-order chi connectivity index (χ0) is 13.1. The van der Waals surface area contributed by atoms with Crippen molar-refractivity contribution in [2.75, 3.05) is 6.54 Å². The van der Waals surface area contributed by atoms with Crippen LogP contribution in [0.25, 0.3) is 10.6 Å². The molecule has 2 rings (SSSR count). The molecule has 0 saturated carbocycles. The lowest BCUT2D eigenvalue weighted by molar-refractivity contribution is -0.117. The Hall–Kier alpha value is -1.73. The van der Waals surface area contributed by atoms with Gasteiger partial charge in [0.05, 0.1) is 12.2 Å². The van der Waals surface area contributed by atoms with E-state index in [-0.39, 0.29) is 12.5 Å². The SMILES string of the molecule is Cc1nc(-c2ccsc2)sc1C(=O)NCC(N)=O. The van der Waals surface area contributed by atoms with Gasteiger partial charge in [0.2, 0.25) is 5.91 Å². The van der Waals surface area contributed by atoms with E-state index < -0.39 is 5.91 Å². The van der Waals surface area contributed by atoms with Gasteiger partial charge >= 0.3 is 0 Å². The lowest BCUT2D eigenvalue weighted by Crippen LogP contribution is -2.33. The van der Waals surface area contributed by atoms with E-state index in [0.717, 1.165) is 10.6 Å². The molecule has 0 spiro atoms. The molecule has 0 fully saturated rings. The van der Waals surface area contributed by atoms with E-state index in [1.807, 2.05) is 16.8 Å². The van der Waals surface area contributed by atoms with Gasteiger partial charge in [-0.15, -0.1) is 11.3 Å². The van der Waals surface area contributed by atoms with E-state index in [4.69, 9.17) is 5.73 Å². The van der Waals surface area contributed by atoms with E-state index in [1.165, 1.54) is 11.3 Å². The first-order valence-electron chi connectivity index (χ1n) is 5.14. The second-order valence-electron chi connectivity index (χ2n) is 3.59. The van der Waals surface area contributed by atoms with Crippen molar-refractivity contribution in [2.45, 2.75) is 6.92 Å². The Kier molecular flexibility index (Phi) is 3.73. The summed E-state index contributed by atoms with van der Waals surface area (Å²) in [6.07, 6.45) is 0. The van der Waals surface area contributed by atoms with Gasteiger partial charge in [0, 0.05) is 10.9 Å². The first-order chi connectivity index (χ1) is 8.58. The van der Waals surface area contributed by atoms with Crippen molar-refractivity contribution in [3.05, 3.63) is 27.4 Å². The number of hydrogen-bond donors (Lipinski definition) is 2. The molecule has 0 saturated heterocycles. The second kappa shape index (κ2) is 5.28. The largest absolute Gasteiger partial charge is 0.368 e. The maximum atomic E-state index is 11.8. The number of aryl methyl sites for hydroxylation is 1. The van der Waals surface area contributed by atoms with E-state index in [0.29, 0.717) is 10.6 Å². The molecule has 0 aliphatic carbocycles. The minimum atomic E-state index is -0.566. The van der Waals surface area contributed by atoms with Gasteiger partial charge in [-0.25, -0.2) is 4.98 Å². The molecule has 2 aromatic rings. The molecule has 0 bridgehead atoms. The Morgan fingerprint density at radius 2 is 2.28 bits per heavy atom. The molecular formula is C11H11N3O2S2. The van der Waals surface area contributed by atoms with Crippen molar-refractivity contribution < 1.29 is 9.59 Å². The Morgan fingerprint density at radius 1 is 1.50 bits per heavy atom. The summed E-state index contributed by atoms with van der Waals surface area (Å²) in [4.78, 5) is 27.3. The summed E-state index contributed by atoms with van der Waals surface area (Å²) in [5.74, 6) is -0.881. The Bertz CT molecular complexity index is 575. The minimum Gasteiger partial charge on any atom is -0.368 e. The third kappa shape index (κ3) is 2.74. The van der Waals surface area contributed by atoms with Crippen LogP contribution < -0.4 is 11.1 Å². The molecular weight excluding hydrogens is 270 g/mol. The number of carbonyl (C=O) groups is 2. The number of primary amides is 1. The fourth-order valence-corrected chi connectivity index (χ4v) is 3.06. The van der Waals surface area contributed by atoms with E-state index in [1.54, 1.807) is 18.3 Å². The average molecular weight is 281 g/mol. The van der Waals surface area contributed by atoms with Crippen molar-refractivity contribution in [2.24, 2.45) is 5.73 Å². The number of thiophene rings is 1. The maximum Gasteiger partial charge on any atom is 0.263 e. The summed E-state index contributed by atoms with van der Waals surface area (Å²) in [7, 11) is 0. The van der Waals surface area contributed by atoms with Crippen LogP contribution in [-0.2, 0) is 4.79 Å². The number of rotatable bonds is 4. The van der Waals surface area contributed by atoms with Gasteiger partial charge in [0.25, 0.3) is 5.91 Å². The van der Waals surface area contributed by atoms with Gasteiger partial charge in [0.1, 0.15) is 9.88 Å². The molecule has 3 N–H and O–H groups in total. The molecule has 0 aliphatic rings. The third-order valence-electron chi connectivity index (χ3n) is 2.19. The number of thiazole rings is 1. The molecule has 2 aromatic heterocycles. The number of nitrogens with two attached hydrogens (primary N) is 1. The topological polar surface area (TPSA) is 85.1 Å². The smallest absolute Gasteiger partial charge is 0.263 e. The fraction of sp³-hybridized carbons (Fsp3) is 0.182. The van der Waals surface area contributed by atoms with Crippen LogP contribution in [0, 0.1) is 6.92 Å². The molecule has 0 atom stereocenters. The van der Waals surface area contributed by atoms with Crippen LogP contribution in [0.2, 0.25) is 0 Å². The van der Waals surface area contributed by atoms with Crippen molar-refractivity contribution in [1.82, 2.24) is 10.3 Å². The summed E-state index contributed by atoms with van der Waals surface area (Å²) in [6.45, 7) is 1.61. The lowest BCUT2D eigenvalue weighted by atomic mass is 10.3. The minimum absolute atomic E-state index is 0.163. The predicted octanol–water partition coefficient (Wildman–Crippen LogP) is 1.40. The van der Waals surface area contributed by atoms with Crippen LogP contribution in [0.15, 0.2) is 16.8 Å². The van der Waals surface area contributed by atoms with Crippen LogP contribution in [0.3, 0.4) is 0 Å². The van der Waals surface area contributed by atoms with Gasteiger partial charge in [-0.05, 0) is 18.4 Å². The Morgan fingerprint density at radius 3 is 2.89 bits per heavy atom. The highest BCUT2D eigenvalue weighted by molar-refractivity contribution is 7.17. The molecule has 0 radical (unpaired) electrons.